The number of nitrogens with one attached hydrogen (secondary N) is 1. The molecule has 26 heavy (non-hydrogen) atoms. The Labute approximate surface area is 154 Å². The fourth-order valence-corrected chi connectivity index (χ4v) is 3.42. The van der Waals surface area contributed by atoms with Crippen LogP contribution in [0.3, 0.4) is 0 Å². The zero-order valence-electron chi connectivity index (χ0n) is 15.2. The van der Waals surface area contributed by atoms with Crippen LogP contribution in [0.4, 0.5) is 10.1 Å². The van der Waals surface area contributed by atoms with Gasteiger partial charge in [-0.25, -0.2) is 4.39 Å². The molecule has 1 amide bonds. The smallest absolute Gasteiger partial charge is 0.228 e. The van der Waals surface area contributed by atoms with Gasteiger partial charge in [-0.15, -0.1) is 0 Å². The number of carbonyl (C=O) groups excluding carboxylic acids is 1. The van der Waals surface area contributed by atoms with E-state index in [1.165, 1.54) is 12.1 Å². The van der Waals surface area contributed by atoms with Gasteiger partial charge in [-0.1, -0.05) is 30.3 Å². The van der Waals surface area contributed by atoms with E-state index < -0.39 is 0 Å². The summed E-state index contributed by atoms with van der Waals surface area (Å²) in [5.74, 6) is -0.402. The number of hydrogen-bond acceptors (Lipinski definition) is 3. The lowest BCUT2D eigenvalue weighted by Gasteiger charge is -2.35. The molecule has 0 aromatic heterocycles. The lowest BCUT2D eigenvalue weighted by Crippen LogP contribution is -2.44. The molecule has 2 aromatic rings. The number of morpholine rings is 1. The molecule has 2 atom stereocenters. The molecule has 4 nitrogen and oxygen atoms in total. The number of ether oxygens (including phenoxy) is 1. The van der Waals surface area contributed by atoms with Crippen LogP contribution in [0.15, 0.2) is 48.5 Å². The van der Waals surface area contributed by atoms with Gasteiger partial charge in [0.1, 0.15) is 5.82 Å². The molecule has 1 heterocycles. The van der Waals surface area contributed by atoms with E-state index in [-0.39, 0.29) is 30.4 Å². The van der Waals surface area contributed by atoms with Gasteiger partial charge >= 0.3 is 0 Å². The molecule has 0 spiro atoms. The van der Waals surface area contributed by atoms with Gasteiger partial charge in [0.05, 0.1) is 18.6 Å². The standard InChI is InChI=1S/C21H25FN2O2/c1-15-12-24(13-16(2)26-15)14-18-5-3-4-6-20(18)23-21(25)11-17-7-9-19(22)10-8-17/h3-10,15-16H,11-14H2,1-2H3,(H,23,25). The van der Waals surface area contributed by atoms with Gasteiger partial charge in [0.15, 0.2) is 0 Å². The Morgan fingerprint density at radius 1 is 1.12 bits per heavy atom. The van der Waals surface area contributed by atoms with Crippen molar-refractivity contribution in [1.29, 1.82) is 0 Å². The van der Waals surface area contributed by atoms with Crippen molar-refractivity contribution < 1.29 is 13.9 Å². The van der Waals surface area contributed by atoms with Gasteiger partial charge in [-0.2, -0.15) is 0 Å². The number of anilines is 1. The van der Waals surface area contributed by atoms with Crippen molar-refractivity contribution in [2.75, 3.05) is 18.4 Å². The molecule has 0 saturated carbocycles. The van der Waals surface area contributed by atoms with Gasteiger partial charge in [0.2, 0.25) is 5.91 Å². The monoisotopic (exact) mass is 356 g/mol. The highest BCUT2D eigenvalue weighted by Gasteiger charge is 2.22. The van der Waals surface area contributed by atoms with Crippen molar-refractivity contribution in [3.8, 4) is 0 Å². The summed E-state index contributed by atoms with van der Waals surface area (Å²) in [6.07, 6.45) is 0.637. The molecule has 0 radical (unpaired) electrons. The molecular weight excluding hydrogens is 331 g/mol. The van der Waals surface area contributed by atoms with Crippen LogP contribution < -0.4 is 5.32 Å². The Balaban J connectivity index is 1.64. The van der Waals surface area contributed by atoms with Crippen LogP contribution in [0.25, 0.3) is 0 Å². The quantitative estimate of drug-likeness (QED) is 0.890. The summed E-state index contributed by atoms with van der Waals surface area (Å²) in [6.45, 7) is 6.69. The van der Waals surface area contributed by atoms with E-state index in [1.54, 1.807) is 12.1 Å². The summed E-state index contributed by atoms with van der Waals surface area (Å²) in [5, 5.41) is 3.00. The number of rotatable bonds is 5. The molecule has 3 rings (SSSR count). The van der Waals surface area contributed by atoms with Crippen LogP contribution >= 0.6 is 0 Å². The van der Waals surface area contributed by atoms with Crippen molar-refractivity contribution in [2.45, 2.75) is 39.0 Å². The number of amides is 1. The van der Waals surface area contributed by atoms with Crippen LogP contribution in [0.1, 0.15) is 25.0 Å². The number of halogens is 1. The predicted molar refractivity (Wildman–Crippen MR) is 100 cm³/mol. The summed E-state index contributed by atoms with van der Waals surface area (Å²) in [7, 11) is 0. The first-order valence-electron chi connectivity index (χ1n) is 8.99. The Morgan fingerprint density at radius 3 is 2.46 bits per heavy atom. The fraction of sp³-hybridized carbons (Fsp3) is 0.381. The average molecular weight is 356 g/mol. The zero-order chi connectivity index (χ0) is 18.5. The summed E-state index contributed by atoms with van der Waals surface area (Å²) in [4.78, 5) is 14.7. The maximum absolute atomic E-state index is 13.0. The third-order valence-electron chi connectivity index (χ3n) is 4.46. The van der Waals surface area contributed by atoms with Crippen molar-refractivity contribution in [2.24, 2.45) is 0 Å². The Morgan fingerprint density at radius 2 is 1.77 bits per heavy atom. The van der Waals surface area contributed by atoms with E-state index >= 15 is 0 Å². The van der Waals surface area contributed by atoms with Gasteiger partial charge in [-0.3, -0.25) is 9.69 Å². The van der Waals surface area contributed by atoms with Crippen molar-refractivity contribution in [3.05, 3.63) is 65.5 Å². The predicted octanol–water partition coefficient (Wildman–Crippen LogP) is 3.62. The normalized spacial score (nSPS) is 20.7. The number of benzene rings is 2. The van der Waals surface area contributed by atoms with E-state index in [4.69, 9.17) is 4.74 Å². The zero-order valence-corrected chi connectivity index (χ0v) is 15.2. The van der Waals surface area contributed by atoms with Crippen molar-refractivity contribution in [1.82, 2.24) is 4.90 Å². The summed E-state index contributed by atoms with van der Waals surface area (Å²) in [6, 6.07) is 13.9. The van der Waals surface area contributed by atoms with E-state index in [0.717, 1.165) is 36.4 Å². The molecule has 1 saturated heterocycles. The van der Waals surface area contributed by atoms with Gasteiger partial charge < -0.3 is 10.1 Å². The van der Waals surface area contributed by atoms with E-state index in [0.29, 0.717) is 0 Å². The molecule has 0 bridgehead atoms. The minimum atomic E-state index is -0.298. The minimum Gasteiger partial charge on any atom is -0.373 e. The second-order valence-corrected chi connectivity index (χ2v) is 6.96. The highest BCUT2D eigenvalue weighted by Crippen LogP contribution is 2.20. The Kier molecular flexibility index (Phi) is 6.01. The first kappa shape index (κ1) is 18.5. The van der Waals surface area contributed by atoms with E-state index in [2.05, 4.69) is 24.1 Å². The second kappa shape index (κ2) is 8.43. The van der Waals surface area contributed by atoms with E-state index in [9.17, 15) is 9.18 Å². The van der Waals surface area contributed by atoms with Crippen LogP contribution in [-0.2, 0) is 22.5 Å². The van der Waals surface area contributed by atoms with Crippen LogP contribution in [0.2, 0.25) is 0 Å². The third-order valence-corrected chi connectivity index (χ3v) is 4.46. The number of hydrogen-bond donors (Lipinski definition) is 1. The SMILES string of the molecule is CC1CN(Cc2ccccc2NC(=O)Cc2ccc(F)cc2)CC(C)O1. The topological polar surface area (TPSA) is 41.6 Å². The van der Waals surface area contributed by atoms with Crippen molar-refractivity contribution in [3.63, 3.8) is 0 Å². The molecule has 138 valence electrons. The molecule has 1 aliphatic rings. The number of para-hydroxylation sites is 1. The lowest BCUT2D eigenvalue weighted by molar-refractivity contribution is -0.115. The average Bonchev–Trinajstić information content (AvgIpc) is 2.58. The maximum Gasteiger partial charge on any atom is 0.228 e. The molecule has 2 unspecified atom stereocenters. The highest BCUT2D eigenvalue weighted by molar-refractivity contribution is 5.93. The van der Waals surface area contributed by atoms with E-state index in [1.807, 2.05) is 24.3 Å². The fourth-order valence-electron chi connectivity index (χ4n) is 3.42. The van der Waals surface area contributed by atoms with Gasteiger partial charge in [-0.05, 0) is 43.2 Å². The van der Waals surface area contributed by atoms with Crippen LogP contribution in [-0.4, -0.2) is 36.1 Å². The Bertz CT molecular complexity index is 738. The maximum atomic E-state index is 13.0. The number of carbonyl (C=O) groups is 1. The van der Waals surface area contributed by atoms with Crippen molar-refractivity contribution >= 4 is 11.6 Å². The van der Waals surface area contributed by atoms with Crippen LogP contribution in [0.5, 0.6) is 0 Å². The molecule has 5 heteroatoms. The molecule has 0 aliphatic carbocycles. The molecule has 2 aromatic carbocycles. The van der Waals surface area contributed by atoms with Gasteiger partial charge in [0.25, 0.3) is 0 Å². The van der Waals surface area contributed by atoms with Gasteiger partial charge in [0, 0.05) is 25.3 Å². The number of nitrogens with zero attached hydrogens (tertiary/aromatic N) is 1. The van der Waals surface area contributed by atoms with Crippen LogP contribution in [0, 0.1) is 5.82 Å². The lowest BCUT2D eigenvalue weighted by atomic mass is 10.1. The summed E-state index contributed by atoms with van der Waals surface area (Å²) in [5.41, 5.74) is 2.70. The third kappa shape index (κ3) is 5.13. The summed E-state index contributed by atoms with van der Waals surface area (Å²) < 4.78 is 18.8. The first-order chi connectivity index (χ1) is 12.5. The molecule has 1 N–H and O–H groups in total. The minimum absolute atomic E-state index is 0.104. The largest absolute Gasteiger partial charge is 0.373 e. The highest BCUT2D eigenvalue weighted by atomic mass is 19.1. The molecular formula is C21H25FN2O2. The Hall–Kier alpha value is -2.24. The second-order valence-electron chi connectivity index (χ2n) is 6.96. The molecule has 1 aliphatic heterocycles. The summed E-state index contributed by atoms with van der Waals surface area (Å²) >= 11 is 0. The first-order valence-corrected chi connectivity index (χ1v) is 8.99. The molecule has 1 fully saturated rings.